The average molecular weight is 782 g/mol. The first-order valence-electron chi connectivity index (χ1n) is 21.0. The zero-order chi connectivity index (χ0) is 40.9. The van der Waals surface area contributed by atoms with Crippen LogP contribution in [0.2, 0.25) is 0 Å². The van der Waals surface area contributed by atoms with E-state index in [-0.39, 0.29) is 0 Å². The second-order valence-electron chi connectivity index (χ2n) is 16.0. The maximum absolute atomic E-state index is 2.42. The lowest BCUT2D eigenvalue weighted by molar-refractivity contribution is 1.18. The fourth-order valence-electron chi connectivity index (χ4n) is 9.12. The molecule has 61 heavy (non-hydrogen) atoms. The van der Waals surface area contributed by atoms with Crippen molar-refractivity contribution in [2.75, 3.05) is 9.80 Å². The van der Waals surface area contributed by atoms with Crippen molar-refractivity contribution in [3.05, 3.63) is 236 Å². The highest BCUT2D eigenvalue weighted by molar-refractivity contribution is 6.12. The van der Waals surface area contributed by atoms with E-state index in [2.05, 4.69) is 253 Å². The summed E-state index contributed by atoms with van der Waals surface area (Å²) in [4.78, 5) is 4.80. The van der Waals surface area contributed by atoms with E-state index >= 15 is 0 Å². The van der Waals surface area contributed by atoms with Crippen molar-refractivity contribution in [3.8, 4) is 16.8 Å². The molecule has 0 spiro atoms. The molecule has 0 radical (unpaired) electrons. The Labute approximate surface area is 356 Å². The number of fused-ring (bicyclic) bond motifs is 5. The van der Waals surface area contributed by atoms with Crippen molar-refractivity contribution < 1.29 is 0 Å². The first-order valence-corrected chi connectivity index (χ1v) is 21.0. The molecule has 0 saturated carbocycles. The lowest BCUT2D eigenvalue weighted by atomic mass is 9.96. The molecule has 0 fully saturated rings. The second kappa shape index (κ2) is 15.1. The minimum absolute atomic E-state index is 1.11. The van der Waals surface area contributed by atoms with Gasteiger partial charge in [-0.15, -0.1) is 0 Å². The number of rotatable bonds is 8. The molecule has 1 heterocycles. The number of nitrogens with zero attached hydrogens (tertiary/aromatic N) is 3. The molecule has 0 N–H and O–H groups in total. The summed E-state index contributed by atoms with van der Waals surface area (Å²) < 4.78 is 2.38. The van der Waals surface area contributed by atoms with Gasteiger partial charge in [-0.05, 0) is 121 Å². The average Bonchev–Trinajstić information content (AvgIpc) is 3.65. The molecular formula is C58H43N3. The van der Waals surface area contributed by atoms with E-state index in [1.807, 2.05) is 0 Å². The lowest BCUT2D eigenvalue weighted by Crippen LogP contribution is -2.11. The quantitative estimate of drug-likeness (QED) is 0.152. The number of anilines is 6. The van der Waals surface area contributed by atoms with E-state index in [9.17, 15) is 0 Å². The predicted octanol–water partition coefficient (Wildman–Crippen LogP) is 16.3. The Bertz CT molecular complexity index is 3360. The molecule has 0 atom stereocenters. The molecule has 290 valence electrons. The molecule has 0 saturated heterocycles. The van der Waals surface area contributed by atoms with Crippen LogP contribution < -0.4 is 9.80 Å². The maximum Gasteiger partial charge on any atom is 0.0542 e. The summed E-state index contributed by atoms with van der Waals surface area (Å²) in [6.07, 6.45) is 0. The van der Waals surface area contributed by atoms with Crippen LogP contribution in [0.15, 0.2) is 224 Å². The molecule has 0 aliphatic carbocycles. The molecule has 3 heteroatoms. The number of para-hydroxylation sites is 2. The minimum Gasteiger partial charge on any atom is -0.310 e. The molecule has 0 aliphatic rings. The highest BCUT2D eigenvalue weighted by Crippen LogP contribution is 2.45. The Kier molecular flexibility index (Phi) is 8.94. The molecule has 1 aromatic heterocycles. The summed E-state index contributed by atoms with van der Waals surface area (Å²) >= 11 is 0. The molecule has 0 amide bonds. The molecule has 0 bridgehead atoms. The van der Waals surface area contributed by atoms with E-state index in [1.165, 1.54) is 65.6 Å². The van der Waals surface area contributed by atoms with Crippen LogP contribution in [0.25, 0.3) is 60.2 Å². The Morgan fingerprint density at radius 1 is 0.328 bits per heavy atom. The summed E-state index contributed by atoms with van der Waals surface area (Å²) in [6, 6.07) is 81.8. The number of aromatic nitrogens is 1. The monoisotopic (exact) mass is 781 g/mol. The molecule has 11 rings (SSSR count). The van der Waals surface area contributed by atoms with Crippen molar-refractivity contribution in [3.63, 3.8) is 0 Å². The lowest BCUT2D eigenvalue weighted by Gasteiger charge is -2.28. The number of benzene rings is 10. The van der Waals surface area contributed by atoms with Crippen molar-refractivity contribution in [2.24, 2.45) is 0 Å². The van der Waals surface area contributed by atoms with Gasteiger partial charge in [-0.1, -0.05) is 151 Å². The van der Waals surface area contributed by atoms with Gasteiger partial charge in [0.05, 0.1) is 22.4 Å². The Morgan fingerprint density at radius 3 is 1.54 bits per heavy atom. The van der Waals surface area contributed by atoms with Crippen LogP contribution in [0.3, 0.4) is 0 Å². The molecule has 0 aliphatic heterocycles. The zero-order valence-corrected chi connectivity index (χ0v) is 34.2. The van der Waals surface area contributed by atoms with E-state index in [4.69, 9.17) is 0 Å². The third-order valence-electron chi connectivity index (χ3n) is 12.1. The molecule has 3 nitrogen and oxygen atoms in total. The Morgan fingerprint density at radius 2 is 0.836 bits per heavy atom. The number of hydrogen-bond acceptors (Lipinski definition) is 2. The molecule has 11 aromatic rings. The van der Waals surface area contributed by atoms with Crippen molar-refractivity contribution >= 4 is 77.5 Å². The van der Waals surface area contributed by atoms with Gasteiger partial charge in [0.15, 0.2) is 0 Å². The standard InChI is InChI=1S/C58H43N3/c1-40-23-29-45(30-24-40)59(55-22-12-14-42-13-6-7-17-50(42)55)47-33-27-43(28-34-47)49-36-38-57(52-19-9-8-18-51(49)52)60(46-31-25-41(2)26-32-46)48-35-37-58-54(39-48)53-20-10-11-21-56(53)61(58)44-15-4-3-5-16-44/h3-39H,1-2H3. The van der Waals surface area contributed by atoms with Gasteiger partial charge >= 0.3 is 0 Å². The SMILES string of the molecule is Cc1ccc(N(c2ccc(-c3ccc(N(c4ccc(C)cc4)c4ccc5c(c4)c4ccccc4n5-c4ccccc4)c4ccccc34)cc2)c2cccc3ccccc23)cc1. The Hall–Kier alpha value is -7.88. The van der Waals surface area contributed by atoms with Crippen LogP contribution >= 0.6 is 0 Å². The minimum atomic E-state index is 1.11. The third-order valence-corrected chi connectivity index (χ3v) is 12.1. The summed E-state index contributed by atoms with van der Waals surface area (Å²) in [7, 11) is 0. The van der Waals surface area contributed by atoms with Crippen LogP contribution in [0, 0.1) is 13.8 Å². The van der Waals surface area contributed by atoms with Crippen molar-refractivity contribution in [2.45, 2.75) is 13.8 Å². The fraction of sp³-hybridized carbons (Fsp3) is 0.0345. The maximum atomic E-state index is 2.42. The summed E-state index contributed by atoms with van der Waals surface area (Å²) in [6.45, 7) is 4.29. The zero-order valence-electron chi connectivity index (χ0n) is 34.2. The normalized spacial score (nSPS) is 11.4. The van der Waals surface area contributed by atoms with Gasteiger partial charge in [0.1, 0.15) is 0 Å². The predicted molar refractivity (Wildman–Crippen MR) is 260 cm³/mol. The summed E-state index contributed by atoms with van der Waals surface area (Å²) in [5.41, 5.74) is 15.1. The van der Waals surface area contributed by atoms with Crippen LogP contribution in [-0.2, 0) is 0 Å². The molecule has 10 aromatic carbocycles. The van der Waals surface area contributed by atoms with Crippen LogP contribution in [0.4, 0.5) is 34.1 Å². The third kappa shape index (κ3) is 6.39. The van der Waals surface area contributed by atoms with E-state index in [0.717, 1.165) is 39.8 Å². The largest absolute Gasteiger partial charge is 0.310 e. The van der Waals surface area contributed by atoms with Gasteiger partial charge in [0, 0.05) is 50.0 Å². The summed E-state index contributed by atoms with van der Waals surface area (Å²) in [5, 5.41) is 7.29. The summed E-state index contributed by atoms with van der Waals surface area (Å²) in [5.74, 6) is 0. The van der Waals surface area contributed by atoms with Crippen LogP contribution in [-0.4, -0.2) is 4.57 Å². The topological polar surface area (TPSA) is 11.4 Å². The number of aryl methyl sites for hydroxylation is 2. The van der Waals surface area contributed by atoms with E-state index in [0.29, 0.717) is 0 Å². The van der Waals surface area contributed by atoms with Crippen LogP contribution in [0.5, 0.6) is 0 Å². The smallest absolute Gasteiger partial charge is 0.0542 e. The van der Waals surface area contributed by atoms with Crippen LogP contribution in [0.1, 0.15) is 11.1 Å². The second-order valence-corrected chi connectivity index (χ2v) is 16.0. The van der Waals surface area contributed by atoms with Gasteiger partial charge < -0.3 is 14.4 Å². The van der Waals surface area contributed by atoms with Gasteiger partial charge in [-0.25, -0.2) is 0 Å². The van der Waals surface area contributed by atoms with E-state index in [1.54, 1.807) is 0 Å². The number of hydrogen-bond donors (Lipinski definition) is 0. The highest BCUT2D eigenvalue weighted by Gasteiger charge is 2.21. The first kappa shape index (κ1) is 36.2. The van der Waals surface area contributed by atoms with Gasteiger partial charge in [-0.2, -0.15) is 0 Å². The Balaban J connectivity index is 1.04. The van der Waals surface area contributed by atoms with E-state index < -0.39 is 0 Å². The molecule has 0 unspecified atom stereocenters. The highest BCUT2D eigenvalue weighted by atomic mass is 15.1. The van der Waals surface area contributed by atoms with Gasteiger partial charge in [-0.3, -0.25) is 0 Å². The van der Waals surface area contributed by atoms with Gasteiger partial charge in [0.2, 0.25) is 0 Å². The van der Waals surface area contributed by atoms with Gasteiger partial charge in [0.25, 0.3) is 0 Å². The van der Waals surface area contributed by atoms with Crippen molar-refractivity contribution in [1.29, 1.82) is 0 Å². The first-order chi connectivity index (χ1) is 30.1. The van der Waals surface area contributed by atoms with Crippen molar-refractivity contribution in [1.82, 2.24) is 4.57 Å². The molecular weight excluding hydrogens is 739 g/mol. The fourth-order valence-corrected chi connectivity index (χ4v) is 9.12.